The van der Waals surface area contributed by atoms with Gasteiger partial charge in [0.2, 0.25) is 0 Å². The highest BCUT2D eigenvalue weighted by Crippen LogP contribution is 2.33. The summed E-state index contributed by atoms with van der Waals surface area (Å²) >= 11 is 0. The van der Waals surface area contributed by atoms with Crippen molar-refractivity contribution in [2.45, 2.75) is 25.8 Å². The van der Waals surface area contributed by atoms with Gasteiger partial charge in [-0.3, -0.25) is 4.79 Å². The zero-order chi connectivity index (χ0) is 18.6. The normalized spacial score (nSPS) is 14.4. The van der Waals surface area contributed by atoms with Gasteiger partial charge >= 0.3 is 0 Å². The van der Waals surface area contributed by atoms with E-state index in [1.165, 1.54) is 0 Å². The van der Waals surface area contributed by atoms with E-state index >= 15 is 0 Å². The van der Waals surface area contributed by atoms with Crippen LogP contribution in [0.15, 0.2) is 60.7 Å². The summed E-state index contributed by atoms with van der Waals surface area (Å²) in [7, 11) is 0. The third-order valence-corrected chi connectivity index (χ3v) is 4.92. The molecule has 3 aromatic carbocycles. The molecule has 138 valence electrons. The summed E-state index contributed by atoms with van der Waals surface area (Å²) in [5.74, 6) is 1.46. The number of hydrogen-bond acceptors (Lipinski definition) is 3. The zero-order valence-electron chi connectivity index (χ0n) is 15.4. The molecule has 4 nitrogen and oxygen atoms in total. The summed E-state index contributed by atoms with van der Waals surface area (Å²) in [6.07, 6.45) is 1.66. The van der Waals surface area contributed by atoms with Gasteiger partial charge < -0.3 is 14.8 Å². The van der Waals surface area contributed by atoms with Crippen LogP contribution in [0.25, 0.3) is 10.8 Å². The van der Waals surface area contributed by atoms with Crippen LogP contribution in [0, 0.1) is 0 Å². The van der Waals surface area contributed by atoms with Gasteiger partial charge in [0.25, 0.3) is 5.91 Å². The van der Waals surface area contributed by atoms with Gasteiger partial charge in [-0.15, -0.1) is 0 Å². The Morgan fingerprint density at radius 3 is 2.63 bits per heavy atom. The Morgan fingerprint density at radius 1 is 1.00 bits per heavy atom. The molecular formula is C23H23NO3. The van der Waals surface area contributed by atoms with E-state index in [4.69, 9.17) is 9.47 Å². The molecule has 0 aromatic heterocycles. The molecule has 0 fully saturated rings. The average molecular weight is 361 g/mol. The van der Waals surface area contributed by atoms with E-state index in [0.717, 1.165) is 40.7 Å². The van der Waals surface area contributed by atoms with Crippen molar-refractivity contribution < 1.29 is 14.3 Å². The van der Waals surface area contributed by atoms with Crippen molar-refractivity contribution in [2.24, 2.45) is 0 Å². The number of hydrogen-bond donors (Lipinski definition) is 1. The first-order valence-electron chi connectivity index (χ1n) is 9.44. The molecule has 0 spiro atoms. The second-order valence-corrected chi connectivity index (χ2v) is 6.72. The Morgan fingerprint density at radius 2 is 1.78 bits per heavy atom. The van der Waals surface area contributed by atoms with Crippen molar-refractivity contribution in [3.63, 3.8) is 0 Å². The molecule has 1 aliphatic heterocycles. The Bertz CT molecular complexity index is 961. The lowest BCUT2D eigenvalue weighted by atomic mass is 10.0. The molecule has 1 heterocycles. The van der Waals surface area contributed by atoms with Crippen LogP contribution in [0.4, 0.5) is 0 Å². The van der Waals surface area contributed by atoms with Crippen molar-refractivity contribution in [1.29, 1.82) is 0 Å². The molecule has 4 heteroatoms. The second-order valence-electron chi connectivity index (χ2n) is 6.72. The molecule has 0 bridgehead atoms. The molecule has 3 aromatic rings. The fourth-order valence-electron chi connectivity index (χ4n) is 3.48. The van der Waals surface area contributed by atoms with Gasteiger partial charge in [0.05, 0.1) is 19.3 Å². The smallest absolute Gasteiger partial charge is 0.252 e. The average Bonchev–Trinajstić information content (AvgIpc) is 2.96. The van der Waals surface area contributed by atoms with Crippen LogP contribution >= 0.6 is 0 Å². The summed E-state index contributed by atoms with van der Waals surface area (Å²) in [4.78, 5) is 13.0. The Hall–Kier alpha value is -3.01. The number of nitrogens with one attached hydrogen (secondary N) is 1. The molecular weight excluding hydrogens is 338 g/mol. The minimum absolute atomic E-state index is 0.0641. The van der Waals surface area contributed by atoms with Gasteiger partial charge in [0, 0.05) is 12.0 Å². The fraction of sp³-hybridized carbons (Fsp3) is 0.261. The molecule has 0 aliphatic carbocycles. The van der Waals surface area contributed by atoms with Crippen LogP contribution in [-0.2, 0) is 0 Å². The monoisotopic (exact) mass is 361 g/mol. The van der Waals surface area contributed by atoms with E-state index in [2.05, 4.69) is 12.2 Å². The molecule has 1 aliphatic rings. The molecule has 1 atom stereocenters. The molecule has 0 saturated heterocycles. The number of rotatable bonds is 4. The van der Waals surface area contributed by atoms with E-state index in [1.807, 2.05) is 60.7 Å². The summed E-state index contributed by atoms with van der Waals surface area (Å²) < 4.78 is 11.5. The number of amides is 1. The van der Waals surface area contributed by atoms with Crippen LogP contribution in [0.5, 0.6) is 11.5 Å². The first-order valence-corrected chi connectivity index (χ1v) is 9.44. The number of carbonyl (C=O) groups excluding carboxylic acids is 1. The fourth-order valence-corrected chi connectivity index (χ4v) is 3.48. The first kappa shape index (κ1) is 17.4. The van der Waals surface area contributed by atoms with Crippen LogP contribution in [-0.4, -0.2) is 19.1 Å². The van der Waals surface area contributed by atoms with Crippen LogP contribution in [0.3, 0.4) is 0 Å². The van der Waals surface area contributed by atoms with Crippen LogP contribution in [0.1, 0.15) is 41.7 Å². The van der Waals surface area contributed by atoms with Crippen molar-refractivity contribution in [3.05, 3.63) is 71.8 Å². The Labute approximate surface area is 159 Å². The summed E-state index contributed by atoms with van der Waals surface area (Å²) in [5.41, 5.74) is 1.72. The molecule has 27 heavy (non-hydrogen) atoms. The van der Waals surface area contributed by atoms with Crippen LogP contribution < -0.4 is 14.8 Å². The van der Waals surface area contributed by atoms with Crippen molar-refractivity contribution in [2.75, 3.05) is 13.2 Å². The van der Waals surface area contributed by atoms with Crippen molar-refractivity contribution >= 4 is 16.7 Å². The quantitative estimate of drug-likeness (QED) is 0.720. The third kappa shape index (κ3) is 3.61. The summed E-state index contributed by atoms with van der Waals surface area (Å²) in [5, 5.41) is 5.21. The number of ether oxygens (including phenoxy) is 2. The minimum atomic E-state index is -0.0892. The molecule has 0 saturated carbocycles. The Balaban J connectivity index is 1.60. The number of fused-ring (bicyclic) bond motifs is 2. The topological polar surface area (TPSA) is 47.6 Å². The third-order valence-electron chi connectivity index (χ3n) is 4.92. The van der Waals surface area contributed by atoms with Gasteiger partial charge in [-0.05, 0) is 41.0 Å². The standard InChI is InChI=1S/C23H23NO3/c1-2-20(17-11-12-21-22(15-17)27-14-6-13-26-21)24-23(25)19-10-5-8-16-7-3-4-9-18(16)19/h3-5,7-12,15,20H,2,6,13-14H2,1H3,(H,24,25). The second kappa shape index (κ2) is 7.70. The predicted molar refractivity (Wildman–Crippen MR) is 106 cm³/mol. The molecule has 0 radical (unpaired) electrons. The van der Waals surface area contributed by atoms with Crippen molar-refractivity contribution in [3.8, 4) is 11.5 Å². The van der Waals surface area contributed by atoms with Gasteiger partial charge in [0.1, 0.15) is 0 Å². The predicted octanol–water partition coefficient (Wildman–Crippen LogP) is 4.88. The van der Waals surface area contributed by atoms with Gasteiger partial charge in [-0.1, -0.05) is 49.4 Å². The maximum Gasteiger partial charge on any atom is 0.252 e. The maximum absolute atomic E-state index is 13.0. The number of benzene rings is 3. The Kier molecular flexibility index (Phi) is 4.97. The van der Waals surface area contributed by atoms with Crippen LogP contribution in [0.2, 0.25) is 0 Å². The zero-order valence-corrected chi connectivity index (χ0v) is 15.4. The SMILES string of the molecule is CCC(NC(=O)c1cccc2ccccc12)c1ccc2c(c1)OCCCO2. The highest BCUT2D eigenvalue weighted by atomic mass is 16.5. The lowest BCUT2D eigenvalue weighted by Crippen LogP contribution is -2.28. The van der Waals surface area contributed by atoms with Gasteiger partial charge in [-0.25, -0.2) is 0 Å². The maximum atomic E-state index is 13.0. The molecule has 1 N–H and O–H groups in total. The highest BCUT2D eigenvalue weighted by Gasteiger charge is 2.18. The van der Waals surface area contributed by atoms with E-state index in [9.17, 15) is 4.79 Å². The van der Waals surface area contributed by atoms with Gasteiger partial charge in [0.15, 0.2) is 11.5 Å². The number of carbonyl (C=O) groups is 1. The molecule has 1 amide bonds. The molecule has 1 unspecified atom stereocenters. The summed E-state index contributed by atoms with van der Waals surface area (Å²) in [6.45, 7) is 3.38. The van der Waals surface area contributed by atoms with E-state index < -0.39 is 0 Å². The van der Waals surface area contributed by atoms with E-state index in [1.54, 1.807) is 0 Å². The lowest BCUT2D eigenvalue weighted by Gasteiger charge is -2.19. The first-order chi connectivity index (χ1) is 13.3. The van der Waals surface area contributed by atoms with Gasteiger partial charge in [-0.2, -0.15) is 0 Å². The molecule has 4 rings (SSSR count). The highest BCUT2D eigenvalue weighted by molar-refractivity contribution is 6.07. The largest absolute Gasteiger partial charge is 0.490 e. The van der Waals surface area contributed by atoms with E-state index in [0.29, 0.717) is 18.8 Å². The van der Waals surface area contributed by atoms with Crippen molar-refractivity contribution in [1.82, 2.24) is 5.32 Å². The minimum Gasteiger partial charge on any atom is -0.490 e. The summed E-state index contributed by atoms with van der Waals surface area (Å²) in [6, 6.07) is 19.6. The van der Waals surface area contributed by atoms with E-state index in [-0.39, 0.29) is 11.9 Å². The lowest BCUT2D eigenvalue weighted by molar-refractivity contribution is 0.0937.